The van der Waals surface area contributed by atoms with E-state index in [1.54, 1.807) is 6.08 Å². The van der Waals surface area contributed by atoms with Gasteiger partial charge in [0.1, 0.15) is 0 Å². The summed E-state index contributed by atoms with van der Waals surface area (Å²) in [6.45, 7) is 4.26. The van der Waals surface area contributed by atoms with E-state index in [0.29, 0.717) is 6.42 Å². The van der Waals surface area contributed by atoms with E-state index in [-0.39, 0.29) is 12.5 Å². The molecule has 4 nitrogen and oxygen atoms in total. The molecule has 0 aliphatic carbocycles. The summed E-state index contributed by atoms with van der Waals surface area (Å²) in [5.74, 6) is -0.0833. The fraction of sp³-hybridized carbons (Fsp3) is 0.844. The molecule has 0 aliphatic rings. The Morgan fingerprint density at radius 2 is 0.796 bits per heavy atom. The van der Waals surface area contributed by atoms with Crippen LogP contribution in [-0.2, 0) is 4.79 Å². The van der Waals surface area contributed by atoms with Gasteiger partial charge in [-0.2, -0.15) is 0 Å². The minimum absolute atomic E-state index is 0.0833. The molecule has 0 heterocycles. The van der Waals surface area contributed by atoms with Crippen molar-refractivity contribution in [1.82, 2.24) is 5.32 Å². The first-order valence-electron chi connectivity index (χ1n) is 21.7. The van der Waals surface area contributed by atoms with Gasteiger partial charge in [0.15, 0.2) is 0 Å². The van der Waals surface area contributed by atoms with Crippen LogP contribution < -0.4 is 5.32 Å². The predicted molar refractivity (Wildman–Crippen MR) is 216 cm³/mol. The van der Waals surface area contributed by atoms with Crippen LogP contribution in [0, 0.1) is 0 Å². The predicted octanol–water partition coefficient (Wildman–Crippen LogP) is 13.4. The molecule has 2 unspecified atom stereocenters. The highest BCUT2D eigenvalue weighted by atomic mass is 16.3. The molecule has 0 saturated heterocycles. The molecule has 0 aromatic heterocycles. The zero-order chi connectivity index (χ0) is 35.7. The molecule has 1 amide bonds. The first kappa shape index (κ1) is 47.6. The Morgan fingerprint density at radius 1 is 0.469 bits per heavy atom. The Hall–Kier alpha value is -1.39. The monoisotopic (exact) mass is 688 g/mol. The highest BCUT2D eigenvalue weighted by Crippen LogP contribution is 2.15. The summed E-state index contributed by atoms with van der Waals surface area (Å²) < 4.78 is 0. The Morgan fingerprint density at radius 3 is 1.18 bits per heavy atom. The smallest absolute Gasteiger partial charge is 0.220 e. The molecule has 49 heavy (non-hydrogen) atoms. The summed E-state index contributed by atoms with van der Waals surface area (Å²) in [6.07, 6.45) is 54.2. The largest absolute Gasteiger partial charge is 0.394 e. The summed E-state index contributed by atoms with van der Waals surface area (Å²) in [7, 11) is 0. The lowest BCUT2D eigenvalue weighted by Gasteiger charge is -2.19. The Kier molecular flexibility index (Phi) is 39.9. The Bertz CT molecular complexity index is 746. The average molecular weight is 688 g/mol. The number of unbranched alkanes of at least 4 members (excludes halogenated alkanes) is 28. The van der Waals surface area contributed by atoms with Gasteiger partial charge in [0.05, 0.1) is 18.8 Å². The lowest BCUT2D eigenvalue weighted by atomic mass is 10.0. The maximum atomic E-state index is 12.2. The summed E-state index contributed by atoms with van der Waals surface area (Å²) in [4.78, 5) is 12.2. The summed E-state index contributed by atoms with van der Waals surface area (Å²) >= 11 is 0. The lowest BCUT2D eigenvalue weighted by Crippen LogP contribution is -2.45. The molecule has 0 bridgehead atoms. The van der Waals surface area contributed by atoms with Crippen molar-refractivity contribution in [2.75, 3.05) is 6.61 Å². The number of hydrogen-bond donors (Lipinski definition) is 3. The van der Waals surface area contributed by atoms with Crippen molar-refractivity contribution < 1.29 is 15.0 Å². The fourth-order valence-corrected chi connectivity index (χ4v) is 6.50. The molecule has 0 saturated carbocycles. The van der Waals surface area contributed by atoms with Crippen LogP contribution in [0.25, 0.3) is 0 Å². The van der Waals surface area contributed by atoms with E-state index in [4.69, 9.17) is 0 Å². The molecule has 0 spiro atoms. The van der Waals surface area contributed by atoms with Gasteiger partial charge >= 0.3 is 0 Å². The number of nitrogens with one attached hydrogen (secondary N) is 1. The highest BCUT2D eigenvalue weighted by molar-refractivity contribution is 5.76. The van der Waals surface area contributed by atoms with E-state index >= 15 is 0 Å². The summed E-state index contributed by atoms with van der Waals surface area (Å²) in [5.41, 5.74) is 0. The number of allylic oxidation sites excluding steroid dienone is 5. The third-order valence-corrected chi connectivity index (χ3v) is 9.85. The van der Waals surface area contributed by atoms with Gasteiger partial charge in [-0.25, -0.2) is 0 Å². The van der Waals surface area contributed by atoms with Crippen LogP contribution in [0.3, 0.4) is 0 Å². The first-order valence-corrected chi connectivity index (χ1v) is 21.7. The minimum atomic E-state index is -0.865. The SMILES string of the molecule is CCCCCCCCCCCCCCCCCCCCC/C=C/CC/C=C/CC/C=C/C(O)C(CO)NC(=O)CCCCCCCCCC. The molecular formula is C45H85NO3. The lowest BCUT2D eigenvalue weighted by molar-refractivity contribution is -0.123. The maximum absolute atomic E-state index is 12.2. The molecule has 288 valence electrons. The first-order chi connectivity index (χ1) is 24.2. The average Bonchev–Trinajstić information content (AvgIpc) is 3.10. The van der Waals surface area contributed by atoms with Crippen LogP contribution in [0.4, 0.5) is 0 Å². The van der Waals surface area contributed by atoms with Crippen molar-refractivity contribution in [3.63, 3.8) is 0 Å². The number of carbonyl (C=O) groups is 1. The van der Waals surface area contributed by atoms with Crippen molar-refractivity contribution in [3.8, 4) is 0 Å². The number of aliphatic hydroxyl groups is 2. The van der Waals surface area contributed by atoms with E-state index in [9.17, 15) is 15.0 Å². The van der Waals surface area contributed by atoms with E-state index in [0.717, 1.165) is 38.5 Å². The van der Waals surface area contributed by atoms with E-state index in [2.05, 4.69) is 43.5 Å². The second-order valence-electron chi connectivity index (χ2n) is 14.8. The molecule has 0 aromatic carbocycles. The van der Waals surface area contributed by atoms with Crippen LogP contribution in [-0.4, -0.2) is 34.9 Å². The van der Waals surface area contributed by atoms with Crippen LogP contribution >= 0.6 is 0 Å². The van der Waals surface area contributed by atoms with Gasteiger partial charge in [-0.3, -0.25) is 4.79 Å². The van der Waals surface area contributed by atoms with E-state index < -0.39 is 12.1 Å². The van der Waals surface area contributed by atoms with E-state index in [1.165, 1.54) is 167 Å². The molecule has 0 radical (unpaired) electrons. The third-order valence-electron chi connectivity index (χ3n) is 9.85. The Labute approximate surface area is 306 Å². The van der Waals surface area contributed by atoms with Gasteiger partial charge in [-0.05, 0) is 44.9 Å². The molecule has 0 aromatic rings. The second-order valence-corrected chi connectivity index (χ2v) is 14.8. The van der Waals surface area contributed by atoms with Crippen LogP contribution in [0.2, 0.25) is 0 Å². The van der Waals surface area contributed by atoms with Gasteiger partial charge in [-0.15, -0.1) is 0 Å². The highest BCUT2D eigenvalue weighted by Gasteiger charge is 2.17. The van der Waals surface area contributed by atoms with Crippen LogP contribution in [0.1, 0.15) is 226 Å². The molecule has 2 atom stereocenters. The molecule has 4 heteroatoms. The topological polar surface area (TPSA) is 69.6 Å². The van der Waals surface area contributed by atoms with Gasteiger partial charge in [-0.1, -0.05) is 211 Å². The zero-order valence-electron chi connectivity index (χ0n) is 33.0. The van der Waals surface area contributed by atoms with Crippen molar-refractivity contribution in [2.45, 2.75) is 238 Å². The van der Waals surface area contributed by atoms with Gasteiger partial charge in [0, 0.05) is 6.42 Å². The standard InChI is InChI=1S/C45H85NO3/c1-3-5-7-9-11-13-14-15-16-17-18-19-20-21-22-23-24-25-26-27-28-29-30-31-32-33-34-36-38-40-44(48)43(42-47)46-45(49)41-39-37-35-12-10-8-6-4-2/h28-29,32-33,38,40,43-44,47-48H,3-27,30-31,34-37,39,41-42H2,1-2H3,(H,46,49)/b29-28+,33-32+,40-38+. The minimum Gasteiger partial charge on any atom is -0.394 e. The molecule has 0 rings (SSSR count). The van der Waals surface area contributed by atoms with Crippen molar-refractivity contribution in [1.29, 1.82) is 0 Å². The van der Waals surface area contributed by atoms with Crippen molar-refractivity contribution in [3.05, 3.63) is 36.5 Å². The molecule has 0 fully saturated rings. The van der Waals surface area contributed by atoms with Gasteiger partial charge in [0.2, 0.25) is 5.91 Å². The van der Waals surface area contributed by atoms with Gasteiger partial charge in [0.25, 0.3) is 0 Å². The van der Waals surface area contributed by atoms with Crippen LogP contribution in [0.5, 0.6) is 0 Å². The number of amides is 1. The summed E-state index contributed by atoms with van der Waals surface area (Å²) in [6, 6.07) is -0.640. The second kappa shape index (κ2) is 41.0. The summed E-state index contributed by atoms with van der Waals surface area (Å²) in [5, 5.41) is 22.8. The molecule has 0 aliphatic heterocycles. The number of hydrogen-bond acceptors (Lipinski definition) is 3. The maximum Gasteiger partial charge on any atom is 0.220 e. The number of carbonyl (C=O) groups excluding carboxylic acids is 1. The Balaban J connectivity index is 3.53. The quantitative estimate of drug-likeness (QED) is 0.0445. The van der Waals surface area contributed by atoms with E-state index in [1.807, 2.05) is 6.08 Å². The number of rotatable bonds is 39. The zero-order valence-corrected chi connectivity index (χ0v) is 33.0. The van der Waals surface area contributed by atoms with Crippen LogP contribution in [0.15, 0.2) is 36.5 Å². The number of aliphatic hydroxyl groups excluding tert-OH is 2. The third kappa shape index (κ3) is 37.7. The molecule has 3 N–H and O–H groups in total. The molecular weight excluding hydrogens is 602 g/mol. The van der Waals surface area contributed by atoms with Gasteiger partial charge < -0.3 is 15.5 Å². The normalized spacial score (nSPS) is 13.3. The fourth-order valence-electron chi connectivity index (χ4n) is 6.50. The van der Waals surface area contributed by atoms with Crippen molar-refractivity contribution in [2.24, 2.45) is 0 Å². The van der Waals surface area contributed by atoms with Crippen molar-refractivity contribution >= 4 is 5.91 Å².